The van der Waals surface area contributed by atoms with Crippen molar-refractivity contribution in [2.45, 2.75) is 19.6 Å². The van der Waals surface area contributed by atoms with E-state index in [4.69, 9.17) is 10.00 Å². The van der Waals surface area contributed by atoms with Gasteiger partial charge in [0.05, 0.1) is 17.2 Å². The highest BCUT2D eigenvalue weighted by molar-refractivity contribution is 6.83. The Morgan fingerprint density at radius 2 is 1.52 bits per heavy atom. The van der Waals surface area contributed by atoms with E-state index in [1.165, 1.54) is 0 Å². The number of ether oxygens (including phenoxy) is 1. The SMILES string of the molecule is C[Si](C)(C)C#Cc1ccc(OC(=O)c2ccc(C#N)cc2)cc1. The van der Waals surface area contributed by atoms with Crippen LogP contribution in [0.3, 0.4) is 0 Å². The average Bonchev–Trinajstić information content (AvgIpc) is 2.53. The van der Waals surface area contributed by atoms with Crippen molar-refractivity contribution >= 4 is 14.0 Å². The quantitative estimate of drug-likeness (QED) is 0.364. The Kier molecular flexibility index (Phi) is 5.01. The predicted octanol–water partition coefficient (Wildman–Crippen LogP) is 4.01. The first-order valence-corrected chi connectivity index (χ1v) is 10.7. The van der Waals surface area contributed by atoms with Gasteiger partial charge in [-0.25, -0.2) is 4.79 Å². The molecular formula is C19H17NO2Si. The molecule has 2 aromatic carbocycles. The van der Waals surface area contributed by atoms with Crippen LogP contribution in [0.2, 0.25) is 19.6 Å². The molecule has 0 aromatic heterocycles. The average molecular weight is 319 g/mol. The molecule has 0 radical (unpaired) electrons. The lowest BCUT2D eigenvalue weighted by atomic mass is 10.1. The van der Waals surface area contributed by atoms with Crippen LogP contribution in [0.4, 0.5) is 0 Å². The van der Waals surface area contributed by atoms with Gasteiger partial charge in [0.15, 0.2) is 0 Å². The van der Waals surface area contributed by atoms with E-state index < -0.39 is 14.0 Å². The zero-order chi connectivity index (χ0) is 16.9. The molecule has 0 fully saturated rings. The highest BCUT2D eigenvalue weighted by atomic mass is 28.3. The van der Waals surface area contributed by atoms with Crippen molar-refractivity contribution in [3.63, 3.8) is 0 Å². The number of hydrogen-bond donors (Lipinski definition) is 0. The Balaban J connectivity index is 2.06. The Hall–Kier alpha value is -2.82. The molecule has 0 atom stereocenters. The Morgan fingerprint density at radius 3 is 2.04 bits per heavy atom. The molecule has 0 aliphatic heterocycles. The molecule has 0 spiro atoms. The van der Waals surface area contributed by atoms with Crippen molar-refractivity contribution in [1.29, 1.82) is 5.26 Å². The molecule has 0 aliphatic carbocycles. The van der Waals surface area contributed by atoms with Crippen LogP contribution < -0.4 is 4.74 Å². The lowest BCUT2D eigenvalue weighted by molar-refractivity contribution is 0.0735. The van der Waals surface area contributed by atoms with Crippen LogP contribution in [0.15, 0.2) is 48.5 Å². The van der Waals surface area contributed by atoms with Crippen molar-refractivity contribution in [3.8, 4) is 23.3 Å². The normalized spacial score (nSPS) is 10.2. The molecule has 0 heterocycles. The van der Waals surface area contributed by atoms with Gasteiger partial charge in [-0.3, -0.25) is 0 Å². The zero-order valence-corrected chi connectivity index (χ0v) is 14.4. The van der Waals surface area contributed by atoms with Crippen LogP contribution in [0.5, 0.6) is 5.75 Å². The molecular weight excluding hydrogens is 302 g/mol. The monoisotopic (exact) mass is 319 g/mol. The van der Waals surface area contributed by atoms with Gasteiger partial charge >= 0.3 is 5.97 Å². The summed E-state index contributed by atoms with van der Waals surface area (Å²) in [7, 11) is -1.40. The maximum Gasteiger partial charge on any atom is 0.343 e. The first-order chi connectivity index (χ1) is 10.9. The minimum atomic E-state index is -1.40. The van der Waals surface area contributed by atoms with Gasteiger partial charge in [-0.05, 0) is 48.5 Å². The summed E-state index contributed by atoms with van der Waals surface area (Å²) in [6.07, 6.45) is 0. The molecule has 2 rings (SSSR count). The molecule has 23 heavy (non-hydrogen) atoms. The number of esters is 1. The van der Waals surface area contributed by atoms with Crippen molar-refractivity contribution in [2.24, 2.45) is 0 Å². The summed E-state index contributed by atoms with van der Waals surface area (Å²) >= 11 is 0. The van der Waals surface area contributed by atoms with Crippen molar-refractivity contribution in [3.05, 3.63) is 65.2 Å². The second kappa shape index (κ2) is 6.96. The van der Waals surface area contributed by atoms with Gasteiger partial charge in [0.2, 0.25) is 0 Å². The topological polar surface area (TPSA) is 50.1 Å². The predicted molar refractivity (Wildman–Crippen MR) is 92.8 cm³/mol. The Labute approximate surface area is 137 Å². The summed E-state index contributed by atoms with van der Waals surface area (Å²) in [6.45, 7) is 6.56. The number of hydrogen-bond acceptors (Lipinski definition) is 3. The Bertz CT molecular complexity index is 798. The minimum Gasteiger partial charge on any atom is -0.423 e. The number of nitriles is 1. The third kappa shape index (κ3) is 5.14. The molecule has 3 nitrogen and oxygen atoms in total. The number of carbonyl (C=O) groups excluding carboxylic acids is 1. The van der Waals surface area contributed by atoms with E-state index in [2.05, 4.69) is 31.1 Å². The van der Waals surface area contributed by atoms with Crippen LogP contribution in [-0.4, -0.2) is 14.0 Å². The number of benzene rings is 2. The van der Waals surface area contributed by atoms with Gasteiger partial charge < -0.3 is 4.74 Å². The molecule has 0 bridgehead atoms. The molecule has 0 saturated carbocycles. The number of rotatable bonds is 2. The van der Waals surface area contributed by atoms with Crippen LogP contribution in [0.1, 0.15) is 21.5 Å². The van der Waals surface area contributed by atoms with Gasteiger partial charge in [-0.1, -0.05) is 25.6 Å². The van der Waals surface area contributed by atoms with E-state index in [0.29, 0.717) is 16.9 Å². The van der Waals surface area contributed by atoms with Gasteiger partial charge in [0.1, 0.15) is 13.8 Å². The molecule has 0 N–H and O–H groups in total. The van der Waals surface area contributed by atoms with E-state index in [-0.39, 0.29) is 0 Å². The largest absolute Gasteiger partial charge is 0.423 e. The molecule has 4 heteroatoms. The molecule has 114 valence electrons. The fraction of sp³-hybridized carbons (Fsp3) is 0.158. The number of carbonyl (C=O) groups is 1. The molecule has 0 amide bonds. The summed E-state index contributed by atoms with van der Waals surface area (Å²) < 4.78 is 5.31. The second-order valence-electron chi connectivity index (χ2n) is 6.10. The zero-order valence-electron chi connectivity index (χ0n) is 13.4. The van der Waals surface area contributed by atoms with Gasteiger partial charge in [-0.2, -0.15) is 5.26 Å². The van der Waals surface area contributed by atoms with E-state index in [0.717, 1.165) is 5.56 Å². The lowest BCUT2D eigenvalue weighted by Crippen LogP contribution is -2.16. The summed E-state index contributed by atoms with van der Waals surface area (Å²) in [5, 5.41) is 8.75. The molecule has 0 aliphatic rings. The summed E-state index contributed by atoms with van der Waals surface area (Å²) in [5.41, 5.74) is 5.11. The fourth-order valence-electron chi connectivity index (χ4n) is 1.71. The van der Waals surface area contributed by atoms with Crippen LogP contribution in [-0.2, 0) is 0 Å². The van der Waals surface area contributed by atoms with Crippen LogP contribution in [0.25, 0.3) is 0 Å². The first-order valence-electron chi connectivity index (χ1n) is 7.23. The van der Waals surface area contributed by atoms with Crippen LogP contribution in [0, 0.1) is 22.8 Å². The van der Waals surface area contributed by atoms with Gasteiger partial charge in [0.25, 0.3) is 0 Å². The third-order valence-electron chi connectivity index (χ3n) is 2.90. The highest BCUT2D eigenvalue weighted by Crippen LogP contribution is 2.14. The van der Waals surface area contributed by atoms with Crippen molar-refractivity contribution in [1.82, 2.24) is 0 Å². The molecule has 0 unspecified atom stereocenters. The molecule has 2 aromatic rings. The maximum atomic E-state index is 12.0. The van der Waals surface area contributed by atoms with E-state index in [1.807, 2.05) is 18.2 Å². The van der Waals surface area contributed by atoms with Crippen molar-refractivity contribution < 1.29 is 9.53 Å². The standard InChI is InChI=1S/C19H17NO2Si/c1-23(2,3)13-12-15-6-10-18(11-7-15)22-19(21)17-8-4-16(14-20)5-9-17/h4-11H,1-3H3. The van der Waals surface area contributed by atoms with E-state index in [9.17, 15) is 4.79 Å². The summed E-state index contributed by atoms with van der Waals surface area (Å²) in [5.74, 6) is 3.17. The van der Waals surface area contributed by atoms with Gasteiger partial charge in [-0.15, -0.1) is 5.54 Å². The second-order valence-corrected chi connectivity index (χ2v) is 10.9. The fourth-order valence-corrected chi connectivity index (χ4v) is 2.23. The summed E-state index contributed by atoms with van der Waals surface area (Å²) in [4.78, 5) is 12.0. The Morgan fingerprint density at radius 1 is 0.957 bits per heavy atom. The maximum absolute atomic E-state index is 12.0. The summed E-state index contributed by atoms with van der Waals surface area (Å²) in [6, 6.07) is 15.5. The third-order valence-corrected chi connectivity index (χ3v) is 3.77. The lowest BCUT2D eigenvalue weighted by Gasteiger charge is -2.05. The van der Waals surface area contributed by atoms with E-state index in [1.54, 1.807) is 36.4 Å². The smallest absolute Gasteiger partial charge is 0.343 e. The highest BCUT2D eigenvalue weighted by Gasteiger charge is 2.09. The van der Waals surface area contributed by atoms with Crippen LogP contribution >= 0.6 is 0 Å². The first kappa shape index (κ1) is 16.5. The minimum absolute atomic E-state index is 0.409. The number of nitrogens with zero attached hydrogens (tertiary/aromatic N) is 1. The van der Waals surface area contributed by atoms with E-state index >= 15 is 0 Å². The van der Waals surface area contributed by atoms with Gasteiger partial charge in [0, 0.05) is 5.56 Å². The molecule has 0 saturated heterocycles. The van der Waals surface area contributed by atoms with Crippen molar-refractivity contribution in [2.75, 3.05) is 0 Å².